The largest absolute Gasteiger partial charge is 0.378 e. The molecule has 0 aromatic heterocycles. The van der Waals surface area contributed by atoms with Crippen molar-refractivity contribution in [1.29, 1.82) is 0 Å². The van der Waals surface area contributed by atoms with Crippen LogP contribution >= 0.6 is 0 Å². The summed E-state index contributed by atoms with van der Waals surface area (Å²) in [4.78, 5) is 0. The summed E-state index contributed by atoms with van der Waals surface area (Å²) < 4.78 is 24.1. The molecule has 0 aliphatic rings. The normalized spacial score (nSPS) is 14.1. The molecule has 158 valence electrons. The summed E-state index contributed by atoms with van der Waals surface area (Å²) in [5, 5.41) is 0. The summed E-state index contributed by atoms with van der Waals surface area (Å²) in [6.45, 7) is 14.1. The summed E-state index contributed by atoms with van der Waals surface area (Å²) in [7, 11) is 0. The zero-order valence-corrected chi connectivity index (χ0v) is 18.3. The van der Waals surface area contributed by atoms with Crippen LogP contribution in [-0.4, -0.2) is 44.9 Å². The number of rotatable bonds is 20. The topological polar surface area (TPSA) is 36.9 Å². The molecule has 0 rings (SSSR count). The van der Waals surface area contributed by atoms with Crippen molar-refractivity contribution in [3.8, 4) is 0 Å². The quantitative estimate of drug-likeness (QED) is 0.190. The fraction of sp³-hybridized carbons (Fsp3) is 1.00. The molecule has 0 aliphatic carbocycles. The molecule has 26 heavy (non-hydrogen) atoms. The lowest BCUT2D eigenvalue weighted by Gasteiger charge is -2.26. The van der Waals surface area contributed by atoms with Crippen LogP contribution in [0.25, 0.3) is 0 Å². The molecule has 0 spiro atoms. The third-order valence-corrected chi connectivity index (χ3v) is 4.41. The van der Waals surface area contributed by atoms with Gasteiger partial charge in [0.25, 0.3) is 0 Å². The van der Waals surface area contributed by atoms with Gasteiger partial charge in [0.15, 0.2) is 6.29 Å². The third kappa shape index (κ3) is 16.0. The maximum atomic E-state index is 6.16. The lowest BCUT2D eigenvalue weighted by molar-refractivity contribution is -0.167. The highest BCUT2D eigenvalue weighted by Gasteiger charge is 2.21. The van der Waals surface area contributed by atoms with Crippen molar-refractivity contribution < 1.29 is 18.9 Å². The second-order valence-electron chi connectivity index (χ2n) is 7.23. The van der Waals surface area contributed by atoms with Gasteiger partial charge in [-0.05, 0) is 39.0 Å². The molecule has 0 bridgehead atoms. The van der Waals surface area contributed by atoms with Crippen molar-refractivity contribution in [3.05, 3.63) is 0 Å². The van der Waals surface area contributed by atoms with E-state index in [4.69, 9.17) is 18.9 Å². The van der Waals surface area contributed by atoms with Crippen LogP contribution in [0.2, 0.25) is 0 Å². The van der Waals surface area contributed by atoms with E-state index in [2.05, 4.69) is 34.6 Å². The standard InChI is InChI=1S/C22H46O4/c1-6-10-14-23-20(5)18-21(24-15-11-7-2)19-22(25-16-12-8-3)26-17-13-9-4/h20-22H,6-19H2,1-5H3. The fourth-order valence-electron chi connectivity index (χ4n) is 2.61. The lowest BCUT2D eigenvalue weighted by Crippen LogP contribution is -2.30. The summed E-state index contributed by atoms with van der Waals surface area (Å²) in [6.07, 6.45) is 10.8. The van der Waals surface area contributed by atoms with E-state index in [1.165, 1.54) is 6.42 Å². The molecule has 0 aromatic rings. The van der Waals surface area contributed by atoms with E-state index in [0.29, 0.717) is 0 Å². The first-order chi connectivity index (χ1) is 12.7. The van der Waals surface area contributed by atoms with E-state index in [0.717, 1.165) is 84.2 Å². The molecule has 0 N–H and O–H groups in total. The molecule has 0 saturated heterocycles. The number of ether oxygens (including phenoxy) is 4. The zero-order valence-electron chi connectivity index (χ0n) is 18.3. The van der Waals surface area contributed by atoms with Crippen LogP contribution in [0, 0.1) is 0 Å². The van der Waals surface area contributed by atoms with Crippen molar-refractivity contribution in [3.63, 3.8) is 0 Å². The van der Waals surface area contributed by atoms with Gasteiger partial charge in [0.05, 0.1) is 12.2 Å². The average Bonchev–Trinajstić information content (AvgIpc) is 2.62. The Morgan fingerprint density at radius 3 is 1.42 bits per heavy atom. The van der Waals surface area contributed by atoms with Gasteiger partial charge in [-0.25, -0.2) is 0 Å². The van der Waals surface area contributed by atoms with E-state index in [1.54, 1.807) is 0 Å². The Morgan fingerprint density at radius 2 is 0.962 bits per heavy atom. The molecule has 0 aliphatic heterocycles. The highest BCUT2D eigenvalue weighted by molar-refractivity contribution is 4.67. The van der Waals surface area contributed by atoms with Gasteiger partial charge in [-0.15, -0.1) is 0 Å². The molecule has 0 aromatic carbocycles. The molecular formula is C22H46O4. The SMILES string of the molecule is CCCCOC(C)CC(CC(OCCCC)OCCCC)OCCCC. The lowest BCUT2D eigenvalue weighted by atomic mass is 10.1. The summed E-state index contributed by atoms with van der Waals surface area (Å²) in [6, 6.07) is 0. The smallest absolute Gasteiger partial charge is 0.160 e. The van der Waals surface area contributed by atoms with E-state index >= 15 is 0 Å². The Bertz CT molecular complexity index is 263. The van der Waals surface area contributed by atoms with Crippen LogP contribution in [0.4, 0.5) is 0 Å². The van der Waals surface area contributed by atoms with Crippen LogP contribution in [0.5, 0.6) is 0 Å². The third-order valence-electron chi connectivity index (χ3n) is 4.41. The first-order valence-corrected chi connectivity index (χ1v) is 11.1. The molecule has 0 amide bonds. The number of hydrogen-bond acceptors (Lipinski definition) is 4. The van der Waals surface area contributed by atoms with Crippen molar-refractivity contribution >= 4 is 0 Å². The highest BCUT2D eigenvalue weighted by Crippen LogP contribution is 2.17. The molecule has 2 unspecified atom stereocenters. The Hall–Kier alpha value is -0.160. The maximum Gasteiger partial charge on any atom is 0.160 e. The van der Waals surface area contributed by atoms with Crippen LogP contribution < -0.4 is 0 Å². The van der Waals surface area contributed by atoms with Crippen molar-refractivity contribution in [2.45, 2.75) is 117 Å². The predicted octanol–water partition coefficient (Wildman–Crippen LogP) is 6.12. The summed E-state index contributed by atoms with van der Waals surface area (Å²) >= 11 is 0. The zero-order chi connectivity index (χ0) is 19.5. The minimum absolute atomic E-state index is 0.131. The molecule has 2 atom stereocenters. The minimum atomic E-state index is -0.164. The second kappa shape index (κ2) is 19.6. The van der Waals surface area contributed by atoms with Gasteiger partial charge >= 0.3 is 0 Å². The first kappa shape index (κ1) is 25.8. The van der Waals surface area contributed by atoms with Gasteiger partial charge in [0, 0.05) is 32.8 Å². The molecule has 0 heterocycles. The van der Waals surface area contributed by atoms with Gasteiger partial charge in [-0.2, -0.15) is 0 Å². The molecule has 4 nitrogen and oxygen atoms in total. The van der Waals surface area contributed by atoms with Crippen molar-refractivity contribution in [2.24, 2.45) is 0 Å². The fourth-order valence-corrected chi connectivity index (χ4v) is 2.61. The van der Waals surface area contributed by atoms with Crippen LogP contribution in [0.3, 0.4) is 0 Å². The van der Waals surface area contributed by atoms with Crippen LogP contribution in [-0.2, 0) is 18.9 Å². The molecule has 4 heteroatoms. The van der Waals surface area contributed by atoms with Crippen LogP contribution in [0.1, 0.15) is 98.8 Å². The molecule has 0 radical (unpaired) electrons. The van der Waals surface area contributed by atoms with Gasteiger partial charge in [0.1, 0.15) is 0 Å². The Morgan fingerprint density at radius 1 is 0.538 bits per heavy atom. The first-order valence-electron chi connectivity index (χ1n) is 11.1. The molecule has 0 saturated carbocycles. The van der Waals surface area contributed by atoms with E-state index in [1.807, 2.05) is 0 Å². The molecule has 0 fully saturated rings. The minimum Gasteiger partial charge on any atom is -0.378 e. The maximum absolute atomic E-state index is 6.16. The average molecular weight is 375 g/mol. The van der Waals surface area contributed by atoms with Gasteiger partial charge < -0.3 is 18.9 Å². The highest BCUT2D eigenvalue weighted by atomic mass is 16.7. The molecular weight excluding hydrogens is 328 g/mol. The van der Waals surface area contributed by atoms with Crippen LogP contribution in [0.15, 0.2) is 0 Å². The number of hydrogen-bond donors (Lipinski definition) is 0. The Kier molecular flexibility index (Phi) is 19.5. The monoisotopic (exact) mass is 374 g/mol. The van der Waals surface area contributed by atoms with E-state index in [9.17, 15) is 0 Å². The van der Waals surface area contributed by atoms with Crippen molar-refractivity contribution in [2.75, 3.05) is 26.4 Å². The predicted molar refractivity (Wildman–Crippen MR) is 110 cm³/mol. The Labute approximate surface area is 163 Å². The van der Waals surface area contributed by atoms with Gasteiger partial charge in [-0.3, -0.25) is 0 Å². The van der Waals surface area contributed by atoms with Gasteiger partial charge in [0.2, 0.25) is 0 Å². The van der Waals surface area contributed by atoms with E-state index in [-0.39, 0.29) is 18.5 Å². The van der Waals surface area contributed by atoms with Gasteiger partial charge in [-0.1, -0.05) is 53.4 Å². The number of unbranched alkanes of at least 4 members (excludes halogenated alkanes) is 4. The Balaban J connectivity index is 4.53. The van der Waals surface area contributed by atoms with E-state index < -0.39 is 0 Å². The van der Waals surface area contributed by atoms with Crippen molar-refractivity contribution in [1.82, 2.24) is 0 Å². The second-order valence-corrected chi connectivity index (χ2v) is 7.23. The summed E-state index contributed by atoms with van der Waals surface area (Å²) in [5.41, 5.74) is 0. The summed E-state index contributed by atoms with van der Waals surface area (Å²) in [5.74, 6) is 0.